The number of nitrogens with zero attached hydrogens (tertiary/aromatic N) is 3. The number of ketones is 1. The van der Waals surface area contributed by atoms with Crippen LogP contribution in [-0.4, -0.2) is 39.5 Å². The molecule has 0 radical (unpaired) electrons. The van der Waals surface area contributed by atoms with Gasteiger partial charge in [-0.2, -0.15) is 5.10 Å². The number of hydrogen-bond acceptors (Lipinski definition) is 5. The maximum absolute atomic E-state index is 13.0. The first-order chi connectivity index (χ1) is 15.0. The number of carbonyl (C=O) groups is 2. The summed E-state index contributed by atoms with van der Waals surface area (Å²) in [4.78, 5) is 39.0. The maximum atomic E-state index is 13.0. The van der Waals surface area contributed by atoms with Crippen molar-refractivity contribution in [2.24, 2.45) is 13.0 Å². The lowest BCUT2D eigenvalue weighted by Crippen LogP contribution is -2.43. The molecule has 2 aromatic carbocycles. The summed E-state index contributed by atoms with van der Waals surface area (Å²) in [5.74, 6) is 0.863. The number of hydrogen-bond donors (Lipinski definition) is 0. The number of aromatic nitrogens is 2. The number of para-hydroxylation sites is 1. The molecule has 0 aliphatic carbocycles. The Morgan fingerprint density at radius 2 is 1.68 bits per heavy atom. The fourth-order valence-corrected chi connectivity index (χ4v) is 3.70. The third-order valence-electron chi connectivity index (χ3n) is 5.38. The molecule has 1 aliphatic heterocycles. The van der Waals surface area contributed by atoms with Crippen LogP contribution in [0, 0.1) is 5.92 Å². The van der Waals surface area contributed by atoms with Crippen LogP contribution in [-0.2, 0) is 7.05 Å². The lowest BCUT2D eigenvalue weighted by Gasteiger charge is -2.31. The number of piperidine rings is 1. The Morgan fingerprint density at radius 3 is 2.39 bits per heavy atom. The fourth-order valence-electron chi connectivity index (χ4n) is 3.70. The van der Waals surface area contributed by atoms with Gasteiger partial charge in [-0.3, -0.25) is 14.4 Å². The summed E-state index contributed by atoms with van der Waals surface area (Å²) in [5.41, 5.74) is 0.528. The molecular weight excluding hydrogens is 394 g/mol. The van der Waals surface area contributed by atoms with Gasteiger partial charge >= 0.3 is 0 Å². The van der Waals surface area contributed by atoms with E-state index in [0.29, 0.717) is 24.4 Å². The van der Waals surface area contributed by atoms with Crippen LogP contribution in [0.1, 0.15) is 33.7 Å². The Balaban J connectivity index is 1.43. The zero-order valence-electron chi connectivity index (χ0n) is 17.2. The zero-order chi connectivity index (χ0) is 21.8. The van der Waals surface area contributed by atoms with Crippen LogP contribution in [0.2, 0.25) is 0 Å². The highest BCUT2D eigenvalue weighted by Gasteiger charge is 2.30. The normalized spacial score (nSPS) is 16.0. The summed E-state index contributed by atoms with van der Waals surface area (Å²) in [6.45, 7) is 0.904. The van der Waals surface area contributed by atoms with Crippen molar-refractivity contribution >= 4 is 11.7 Å². The van der Waals surface area contributed by atoms with Gasteiger partial charge < -0.3 is 9.64 Å². The largest absolute Gasteiger partial charge is 0.457 e. The van der Waals surface area contributed by atoms with E-state index in [2.05, 4.69) is 5.10 Å². The molecule has 158 valence electrons. The highest BCUT2D eigenvalue weighted by atomic mass is 16.5. The minimum atomic E-state index is -0.275. The number of benzene rings is 2. The van der Waals surface area contributed by atoms with Crippen molar-refractivity contribution in [2.45, 2.75) is 12.8 Å². The van der Waals surface area contributed by atoms with E-state index < -0.39 is 0 Å². The smallest absolute Gasteiger partial charge is 0.274 e. The first kappa shape index (κ1) is 20.5. The van der Waals surface area contributed by atoms with Crippen LogP contribution < -0.4 is 10.3 Å². The average molecular weight is 417 g/mol. The predicted molar refractivity (Wildman–Crippen MR) is 115 cm³/mol. The van der Waals surface area contributed by atoms with Crippen molar-refractivity contribution in [3.63, 3.8) is 0 Å². The number of carbonyl (C=O) groups excluding carboxylic acids is 2. The van der Waals surface area contributed by atoms with Gasteiger partial charge in [0.25, 0.3) is 11.5 Å². The first-order valence-electron chi connectivity index (χ1n) is 10.2. The van der Waals surface area contributed by atoms with E-state index in [1.165, 1.54) is 19.2 Å². The predicted octanol–water partition coefficient (Wildman–Crippen LogP) is 3.31. The number of likely N-dealkylation sites (tertiary alicyclic amines) is 1. The average Bonchev–Trinajstić information content (AvgIpc) is 2.81. The van der Waals surface area contributed by atoms with Crippen molar-refractivity contribution in [3.8, 4) is 11.5 Å². The van der Waals surface area contributed by atoms with E-state index in [1.54, 1.807) is 29.2 Å². The van der Waals surface area contributed by atoms with Gasteiger partial charge in [0.15, 0.2) is 5.78 Å². The van der Waals surface area contributed by atoms with Crippen molar-refractivity contribution in [3.05, 3.63) is 88.3 Å². The number of Topliss-reactive ketones (excluding diaryl/α,β-unsaturated/α-hetero) is 1. The van der Waals surface area contributed by atoms with Crippen LogP contribution in [0.15, 0.2) is 71.5 Å². The first-order valence-corrected chi connectivity index (χ1v) is 10.2. The van der Waals surface area contributed by atoms with Crippen molar-refractivity contribution in [2.75, 3.05) is 13.1 Å². The Morgan fingerprint density at radius 1 is 0.968 bits per heavy atom. The van der Waals surface area contributed by atoms with Gasteiger partial charge in [0.1, 0.15) is 17.2 Å². The molecule has 31 heavy (non-hydrogen) atoms. The molecule has 1 unspecified atom stereocenters. The Kier molecular flexibility index (Phi) is 5.93. The molecule has 1 fully saturated rings. The Hall–Kier alpha value is -3.74. The molecule has 1 aromatic heterocycles. The number of rotatable bonds is 5. The zero-order valence-corrected chi connectivity index (χ0v) is 17.2. The molecule has 7 nitrogen and oxygen atoms in total. The lowest BCUT2D eigenvalue weighted by molar-refractivity contribution is 0.0630. The van der Waals surface area contributed by atoms with Gasteiger partial charge in [-0.1, -0.05) is 18.2 Å². The minimum Gasteiger partial charge on any atom is -0.457 e. The molecule has 0 spiro atoms. The second kappa shape index (κ2) is 8.95. The summed E-state index contributed by atoms with van der Waals surface area (Å²) >= 11 is 0. The molecule has 1 amide bonds. The highest BCUT2D eigenvalue weighted by Crippen LogP contribution is 2.25. The van der Waals surface area contributed by atoms with Crippen molar-refractivity contribution in [1.29, 1.82) is 0 Å². The summed E-state index contributed by atoms with van der Waals surface area (Å²) in [6, 6.07) is 19.3. The van der Waals surface area contributed by atoms with Crippen molar-refractivity contribution in [1.82, 2.24) is 14.7 Å². The van der Waals surface area contributed by atoms with E-state index in [9.17, 15) is 14.4 Å². The summed E-state index contributed by atoms with van der Waals surface area (Å²) in [6.07, 6.45) is 1.47. The molecule has 0 N–H and O–H groups in total. The monoisotopic (exact) mass is 417 g/mol. The van der Waals surface area contributed by atoms with E-state index >= 15 is 0 Å². The van der Waals surface area contributed by atoms with Crippen LogP contribution >= 0.6 is 0 Å². The van der Waals surface area contributed by atoms with E-state index in [-0.39, 0.29) is 28.9 Å². The topological polar surface area (TPSA) is 81.5 Å². The SMILES string of the molecule is Cn1nc(C(=O)N2CCCC(C(=O)c3ccc(Oc4ccccc4)cc3)C2)ccc1=O. The van der Waals surface area contributed by atoms with Gasteiger partial charge in [0, 0.05) is 37.7 Å². The van der Waals surface area contributed by atoms with E-state index in [4.69, 9.17) is 4.74 Å². The second-order valence-corrected chi connectivity index (χ2v) is 7.57. The molecule has 4 rings (SSSR count). The van der Waals surface area contributed by atoms with E-state index in [0.717, 1.165) is 23.3 Å². The number of ether oxygens (including phenoxy) is 1. The molecule has 0 bridgehead atoms. The summed E-state index contributed by atoms with van der Waals surface area (Å²) < 4.78 is 6.92. The Bertz CT molecular complexity index is 1140. The highest BCUT2D eigenvalue weighted by molar-refractivity contribution is 5.99. The third-order valence-corrected chi connectivity index (χ3v) is 5.38. The van der Waals surface area contributed by atoms with Crippen LogP contribution in [0.5, 0.6) is 11.5 Å². The molecule has 0 saturated carbocycles. The molecule has 2 heterocycles. The number of aryl methyl sites for hydroxylation is 1. The fraction of sp³-hybridized carbons (Fsp3) is 0.250. The molecule has 3 aromatic rings. The van der Waals surface area contributed by atoms with Gasteiger partial charge in [0.05, 0.1) is 0 Å². The standard InChI is InChI=1S/C24H23N3O4/c1-26-22(28)14-13-21(25-26)24(30)27-15-5-6-18(16-27)23(29)17-9-11-20(12-10-17)31-19-7-3-2-4-8-19/h2-4,7-14,18H,5-6,15-16H2,1H3. The van der Waals surface area contributed by atoms with Crippen molar-refractivity contribution < 1.29 is 14.3 Å². The molecule has 7 heteroatoms. The maximum Gasteiger partial charge on any atom is 0.274 e. The number of amides is 1. The van der Waals surface area contributed by atoms with Gasteiger partial charge in [0.2, 0.25) is 0 Å². The minimum absolute atomic E-state index is 0.0113. The van der Waals surface area contributed by atoms with Crippen LogP contribution in [0.4, 0.5) is 0 Å². The molecule has 1 aliphatic rings. The lowest BCUT2D eigenvalue weighted by atomic mass is 9.90. The van der Waals surface area contributed by atoms with Gasteiger partial charge in [-0.15, -0.1) is 0 Å². The summed E-state index contributed by atoms with van der Waals surface area (Å²) in [5, 5.41) is 4.03. The molecule has 1 saturated heterocycles. The van der Waals surface area contributed by atoms with Crippen LogP contribution in [0.3, 0.4) is 0 Å². The van der Waals surface area contributed by atoms with Crippen LogP contribution in [0.25, 0.3) is 0 Å². The van der Waals surface area contributed by atoms with E-state index in [1.807, 2.05) is 30.3 Å². The van der Waals surface area contributed by atoms with Gasteiger partial charge in [-0.05, 0) is 55.3 Å². The second-order valence-electron chi connectivity index (χ2n) is 7.57. The quantitative estimate of drug-likeness (QED) is 0.595. The van der Waals surface area contributed by atoms with Gasteiger partial charge in [-0.25, -0.2) is 4.68 Å². The molecular formula is C24H23N3O4. The third kappa shape index (κ3) is 4.71. The Labute approximate surface area is 179 Å². The molecule has 1 atom stereocenters. The summed E-state index contributed by atoms with van der Waals surface area (Å²) in [7, 11) is 1.51.